The normalized spacial score (nSPS) is 12.2. The second-order valence-corrected chi connectivity index (χ2v) is 5.37. The number of carbonyl (C=O) groups is 1. The molecule has 0 heterocycles. The Balaban J connectivity index is 2.72. The van der Waals surface area contributed by atoms with Gasteiger partial charge in [0, 0.05) is 5.02 Å². The second kappa shape index (κ2) is 6.01. The van der Waals surface area contributed by atoms with E-state index in [4.69, 9.17) is 17.3 Å². The Morgan fingerprint density at radius 2 is 2.31 bits per heavy atom. The first-order valence-corrected chi connectivity index (χ1v) is 6.44. The molecule has 0 bridgehead atoms. The van der Waals surface area contributed by atoms with Crippen molar-refractivity contribution in [2.24, 2.45) is 0 Å². The van der Waals surface area contributed by atoms with Crippen LogP contribution >= 0.6 is 23.4 Å². The van der Waals surface area contributed by atoms with Gasteiger partial charge in [-0.2, -0.15) is 0 Å². The van der Waals surface area contributed by atoms with E-state index in [1.807, 2.05) is 13.8 Å². The third-order valence-corrected chi connectivity index (χ3v) is 3.34. The van der Waals surface area contributed by atoms with Crippen molar-refractivity contribution in [3.63, 3.8) is 0 Å². The van der Waals surface area contributed by atoms with Crippen LogP contribution < -0.4 is 11.1 Å². The van der Waals surface area contributed by atoms with Crippen molar-refractivity contribution in [1.29, 1.82) is 0 Å². The monoisotopic (exact) mass is 258 g/mol. The highest BCUT2D eigenvalue weighted by molar-refractivity contribution is 8.00. The smallest absolute Gasteiger partial charge is 0.237 e. The molecule has 1 unspecified atom stereocenters. The van der Waals surface area contributed by atoms with Gasteiger partial charge in [-0.25, -0.2) is 0 Å². The summed E-state index contributed by atoms with van der Waals surface area (Å²) in [6.07, 6.45) is 0. The summed E-state index contributed by atoms with van der Waals surface area (Å²) in [4.78, 5) is 11.7. The number of benzene rings is 1. The quantitative estimate of drug-likeness (QED) is 0.817. The molecule has 0 aromatic heterocycles. The molecule has 0 spiro atoms. The van der Waals surface area contributed by atoms with E-state index in [1.165, 1.54) is 0 Å². The molecule has 5 heteroatoms. The van der Waals surface area contributed by atoms with Crippen LogP contribution in [0.3, 0.4) is 0 Å². The highest BCUT2D eigenvalue weighted by Gasteiger charge is 2.13. The summed E-state index contributed by atoms with van der Waals surface area (Å²) in [6, 6.07) is 5.02. The lowest BCUT2D eigenvalue weighted by molar-refractivity contribution is -0.115. The Hall–Kier alpha value is -0.870. The lowest BCUT2D eigenvalue weighted by atomic mass is 10.2. The van der Waals surface area contributed by atoms with Crippen molar-refractivity contribution in [2.45, 2.75) is 19.1 Å². The fraction of sp³-hybridized carbons (Fsp3) is 0.364. The summed E-state index contributed by atoms with van der Waals surface area (Å²) in [7, 11) is 0. The van der Waals surface area contributed by atoms with E-state index in [9.17, 15) is 4.79 Å². The van der Waals surface area contributed by atoms with E-state index in [0.29, 0.717) is 16.4 Å². The van der Waals surface area contributed by atoms with E-state index in [2.05, 4.69) is 5.32 Å². The minimum absolute atomic E-state index is 0.0548. The van der Waals surface area contributed by atoms with Gasteiger partial charge in [0.25, 0.3) is 0 Å². The molecule has 88 valence electrons. The fourth-order valence-electron chi connectivity index (χ4n) is 1.20. The molecule has 0 aliphatic heterocycles. The molecule has 0 aliphatic rings. The van der Waals surface area contributed by atoms with E-state index in [1.54, 1.807) is 30.0 Å². The van der Waals surface area contributed by atoms with Crippen LogP contribution in [-0.4, -0.2) is 16.9 Å². The Morgan fingerprint density at radius 1 is 1.62 bits per heavy atom. The molecule has 0 fully saturated rings. The van der Waals surface area contributed by atoms with E-state index in [-0.39, 0.29) is 11.2 Å². The summed E-state index contributed by atoms with van der Waals surface area (Å²) in [5, 5.41) is 3.23. The predicted octanol–water partition coefficient (Wildman–Crippen LogP) is 3.00. The van der Waals surface area contributed by atoms with E-state index in [0.717, 1.165) is 5.75 Å². The van der Waals surface area contributed by atoms with Crippen molar-refractivity contribution in [3.8, 4) is 0 Å². The molecular weight excluding hydrogens is 244 g/mol. The van der Waals surface area contributed by atoms with Crippen LogP contribution in [0, 0.1) is 0 Å². The van der Waals surface area contributed by atoms with Gasteiger partial charge in [0.15, 0.2) is 0 Å². The first-order chi connectivity index (χ1) is 7.54. The molecule has 1 amide bonds. The molecule has 16 heavy (non-hydrogen) atoms. The Morgan fingerprint density at radius 3 is 2.94 bits per heavy atom. The number of hydrogen-bond donors (Lipinski definition) is 2. The molecule has 0 saturated carbocycles. The van der Waals surface area contributed by atoms with Gasteiger partial charge in [-0.3, -0.25) is 4.79 Å². The molecule has 0 radical (unpaired) electrons. The van der Waals surface area contributed by atoms with Crippen LogP contribution in [0.5, 0.6) is 0 Å². The third-order valence-electron chi connectivity index (χ3n) is 2.06. The predicted molar refractivity (Wildman–Crippen MR) is 72.1 cm³/mol. The van der Waals surface area contributed by atoms with Gasteiger partial charge in [-0.1, -0.05) is 18.5 Å². The molecule has 0 saturated heterocycles. The number of halogens is 1. The van der Waals surface area contributed by atoms with Crippen molar-refractivity contribution in [2.75, 3.05) is 16.8 Å². The van der Waals surface area contributed by atoms with Gasteiger partial charge in [0.1, 0.15) is 0 Å². The molecule has 3 N–H and O–H groups in total. The molecular formula is C11H15ClN2OS. The van der Waals surface area contributed by atoms with Gasteiger partial charge < -0.3 is 11.1 Å². The first-order valence-electron chi connectivity index (χ1n) is 5.02. The Labute approximate surface area is 105 Å². The maximum Gasteiger partial charge on any atom is 0.237 e. The number of nitrogens with one attached hydrogen (secondary N) is 1. The van der Waals surface area contributed by atoms with Gasteiger partial charge in [-0.05, 0) is 30.9 Å². The van der Waals surface area contributed by atoms with Crippen LogP contribution in [0.25, 0.3) is 0 Å². The maximum absolute atomic E-state index is 11.7. The zero-order valence-corrected chi connectivity index (χ0v) is 10.9. The number of rotatable bonds is 4. The Bertz CT molecular complexity index is 384. The lowest BCUT2D eigenvalue weighted by Gasteiger charge is -2.12. The summed E-state index contributed by atoms with van der Waals surface area (Å²) >= 11 is 7.41. The third kappa shape index (κ3) is 3.61. The van der Waals surface area contributed by atoms with Crippen molar-refractivity contribution in [3.05, 3.63) is 23.2 Å². The van der Waals surface area contributed by atoms with Crippen molar-refractivity contribution < 1.29 is 4.79 Å². The van der Waals surface area contributed by atoms with Crippen LogP contribution in [0.15, 0.2) is 18.2 Å². The number of nitrogens with two attached hydrogens (primary N) is 1. The van der Waals surface area contributed by atoms with Gasteiger partial charge in [0.2, 0.25) is 5.91 Å². The molecule has 1 atom stereocenters. The highest BCUT2D eigenvalue weighted by Crippen LogP contribution is 2.23. The van der Waals surface area contributed by atoms with Crippen molar-refractivity contribution >= 4 is 40.6 Å². The summed E-state index contributed by atoms with van der Waals surface area (Å²) in [5.41, 5.74) is 6.82. The lowest BCUT2D eigenvalue weighted by Crippen LogP contribution is -2.23. The number of amides is 1. The van der Waals surface area contributed by atoms with Crippen LogP contribution in [0.1, 0.15) is 13.8 Å². The van der Waals surface area contributed by atoms with Gasteiger partial charge in [0.05, 0.1) is 16.6 Å². The van der Waals surface area contributed by atoms with Gasteiger partial charge in [-0.15, -0.1) is 11.8 Å². The first kappa shape index (κ1) is 13.2. The van der Waals surface area contributed by atoms with E-state index >= 15 is 0 Å². The molecule has 1 aromatic carbocycles. The second-order valence-electron chi connectivity index (χ2n) is 3.32. The fourth-order valence-corrected chi connectivity index (χ4v) is 2.08. The number of hydrogen-bond acceptors (Lipinski definition) is 3. The SMILES string of the molecule is CCSC(C)C(=O)Nc1cc(Cl)ccc1N. The molecule has 0 aliphatic carbocycles. The minimum Gasteiger partial charge on any atom is -0.397 e. The highest BCUT2D eigenvalue weighted by atomic mass is 35.5. The van der Waals surface area contributed by atoms with Gasteiger partial charge >= 0.3 is 0 Å². The standard InChI is InChI=1S/C11H15ClN2OS/c1-3-16-7(2)11(15)14-10-6-8(12)4-5-9(10)13/h4-7H,3,13H2,1-2H3,(H,14,15). The average Bonchev–Trinajstić information content (AvgIpc) is 2.23. The minimum atomic E-state index is -0.0941. The maximum atomic E-state index is 11.7. The number of carbonyl (C=O) groups excluding carboxylic acids is 1. The Kier molecular flexibility index (Phi) is 4.96. The molecule has 1 rings (SSSR count). The van der Waals surface area contributed by atoms with Crippen LogP contribution in [0.4, 0.5) is 11.4 Å². The topological polar surface area (TPSA) is 55.1 Å². The average molecular weight is 259 g/mol. The summed E-state index contributed by atoms with van der Waals surface area (Å²) in [5.74, 6) is 0.848. The molecule has 3 nitrogen and oxygen atoms in total. The van der Waals surface area contributed by atoms with Crippen molar-refractivity contribution in [1.82, 2.24) is 0 Å². The zero-order chi connectivity index (χ0) is 12.1. The number of anilines is 2. The summed E-state index contributed by atoms with van der Waals surface area (Å²) in [6.45, 7) is 3.88. The zero-order valence-electron chi connectivity index (χ0n) is 9.29. The van der Waals surface area contributed by atoms with E-state index < -0.39 is 0 Å². The van der Waals surface area contributed by atoms with Crippen LogP contribution in [0.2, 0.25) is 5.02 Å². The largest absolute Gasteiger partial charge is 0.397 e. The molecule has 1 aromatic rings. The number of nitrogen functional groups attached to an aromatic ring is 1. The van der Waals surface area contributed by atoms with Crippen LogP contribution in [-0.2, 0) is 4.79 Å². The summed E-state index contributed by atoms with van der Waals surface area (Å²) < 4.78 is 0. The number of thioether (sulfide) groups is 1.